The Morgan fingerprint density at radius 1 is 1.25 bits per heavy atom. The number of rotatable bonds is 5. The van der Waals surface area contributed by atoms with E-state index in [1.54, 1.807) is 0 Å². The van der Waals surface area contributed by atoms with Crippen LogP contribution in [0.15, 0.2) is 24.8 Å². The van der Waals surface area contributed by atoms with Gasteiger partial charge >= 0.3 is 0 Å². The van der Waals surface area contributed by atoms with Gasteiger partial charge < -0.3 is 36.2 Å². The summed E-state index contributed by atoms with van der Waals surface area (Å²) >= 11 is 0. The molecule has 1 aliphatic heterocycles. The van der Waals surface area contributed by atoms with E-state index in [2.05, 4.69) is 20.3 Å². The van der Waals surface area contributed by atoms with Crippen molar-refractivity contribution in [3.63, 3.8) is 0 Å². The Bertz CT molecular complexity index is 1220. The van der Waals surface area contributed by atoms with Crippen LogP contribution in [0.3, 0.4) is 0 Å². The van der Waals surface area contributed by atoms with Crippen LogP contribution in [0.1, 0.15) is 16.6 Å². The van der Waals surface area contributed by atoms with Crippen LogP contribution in [-0.4, -0.2) is 75.6 Å². The average molecular weight is 447 g/mol. The topological polar surface area (TPSA) is 232 Å². The quantitative estimate of drug-likeness (QED) is 0.153. The first-order chi connectivity index (χ1) is 15.2. The highest BCUT2D eigenvalue weighted by Gasteiger charge is 2.44. The van der Waals surface area contributed by atoms with Gasteiger partial charge in [-0.15, -0.1) is 0 Å². The number of imidazole rings is 1. The zero-order valence-electron chi connectivity index (χ0n) is 16.1. The van der Waals surface area contributed by atoms with Crippen LogP contribution < -0.4 is 11.1 Å². The Hall–Kier alpha value is -4.08. The number of aliphatic hydroxyl groups is 2. The molecule has 0 unspecified atom stereocenters. The molecule has 3 aromatic rings. The number of phenolic OH excluding ortho intramolecular Hbond substituents is 2. The summed E-state index contributed by atoms with van der Waals surface area (Å²) in [6.45, 7) is -0.333. The van der Waals surface area contributed by atoms with E-state index in [0.29, 0.717) is 6.07 Å². The van der Waals surface area contributed by atoms with Crippen molar-refractivity contribution in [2.75, 3.05) is 12.3 Å². The number of nitro benzene ring substituents is 1. The number of amides is 1. The number of aliphatic hydroxyl groups excluding tert-OH is 2. The Labute approximate surface area is 177 Å². The van der Waals surface area contributed by atoms with Crippen molar-refractivity contribution < 1.29 is 34.9 Å². The van der Waals surface area contributed by atoms with Crippen molar-refractivity contribution in [3.05, 3.63) is 40.5 Å². The molecular weight excluding hydrogens is 430 g/mol. The zero-order chi connectivity index (χ0) is 23.2. The second-order valence-electron chi connectivity index (χ2n) is 6.96. The van der Waals surface area contributed by atoms with Gasteiger partial charge in [0.2, 0.25) is 0 Å². The van der Waals surface area contributed by atoms with Gasteiger partial charge in [-0.1, -0.05) is 0 Å². The molecular formula is C17H17N7O8. The van der Waals surface area contributed by atoms with Gasteiger partial charge in [0.15, 0.2) is 29.2 Å². The van der Waals surface area contributed by atoms with Crippen LogP contribution in [0.5, 0.6) is 11.5 Å². The lowest BCUT2D eigenvalue weighted by Crippen LogP contribution is -2.39. The number of ether oxygens (including phenoxy) is 1. The number of hydrogen-bond acceptors (Lipinski definition) is 12. The molecule has 2 aromatic heterocycles. The maximum atomic E-state index is 12.4. The number of nitrogens with two attached hydrogens (primary N) is 1. The molecule has 0 radical (unpaired) electrons. The van der Waals surface area contributed by atoms with Crippen LogP contribution in [0.4, 0.5) is 11.5 Å². The van der Waals surface area contributed by atoms with Crippen molar-refractivity contribution in [2.45, 2.75) is 24.5 Å². The van der Waals surface area contributed by atoms with Gasteiger partial charge in [0.1, 0.15) is 30.2 Å². The molecule has 0 bridgehead atoms. The average Bonchev–Trinajstić information content (AvgIpc) is 3.30. The molecule has 1 aliphatic rings. The number of nitro groups is 1. The number of carbonyl (C=O) groups is 1. The molecule has 4 rings (SSSR count). The van der Waals surface area contributed by atoms with Crippen molar-refractivity contribution in [1.82, 2.24) is 24.8 Å². The molecule has 1 amide bonds. The monoisotopic (exact) mass is 447 g/mol. The highest BCUT2D eigenvalue weighted by Crippen LogP contribution is 2.34. The van der Waals surface area contributed by atoms with Gasteiger partial charge in [0.05, 0.1) is 22.9 Å². The van der Waals surface area contributed by atoms with E-state index >= 15 is 0 Å². The number of anilines is 1. The van der Waals surface area contributed by atoms with Gasteiger partial charge in [-0.3, -0.25) is 19.5 Å². The second kappa shape index (κ2) is 7.88. The number of nitrogens with one attached hydrogen (secondary N) is 1. The number of aromatic hydroxyl groups is 2. The minimum atomic E-state index is -1.43. The number of benzene rings is 1. The number of aromatic nitrogens is 4. The molecule has 3 heterocycles. The predicted molar refractivity (Wildman–Crippen MR) is 104 cm³/mol. The lowest BCUT2D eigenvalue weighted by molar-refractivity contribution is -0.385. The fourth-order valence-electron chi connectivity index (χ4n) is 3.36. The van der Waals surface area contributed by atoms with Gasteiger partial charge in [0, 0.05) is 12.6 Å². The summed E-state index contributed by atoms with van der Waals surface area (Å²) in [7, 11) is 0. The third-order valence-electron chi connectivity index (χ3n) is 4.99. The van der Waals surface area contributed by atoms with E-state index in [1.165, 1.54) is 17.2 Å². The first-order valence-electron chi connectivity index (χ1n) is 9.12. The number of fused-ring (bicyclic) bond motifs is 1. The number of hydrogen-bond donors (Lipinski definition) is 6. The van der Waals surface area contributed by atoms with E-state index in [4.69, 9.17) is 10.5 Å². The largest absolute Gasteiger partial charge is 0.504 e. The highest BCUT2D eigenvalue weighted by molar-refractivity contribution is 5.98. The normalized spacial score (nSPS) is 22.8. The molecule has 15 heteroatoms. The first-order valence-corrected chi connectivity index (χ1v) is 9.12. The fourth-order valence-corrected chi connectivity index (χ4v) is 3.36. The summed E-state index contributed by atoms with van der Waals surface area (Å²) in [6, 6.07) is 1.48. The summed E-state index contributed by atoms with van der Waals surface area (Å²) < 4.78 is 7.02. The molecule has 0 saturated carbocycles. The molecule has 0 aliphatic carbocycles. The lowest BCUT2D eigenvalue weighted by atomic mass is 10.1. The minimum Gasteiger partial charge on any atom is -0.504 e. The lowest BCUT2D eigenvalue weighted by Gasteiger charge is -2.16. The third-order valence-corrected chi connectivity index (χ3v) is 4.99. The van der Waals surface area contributed by atoms with Crippen molar-refractivity contribution in [1.29, 1.82) is 0 Å². The second-order valence-corrected chi connectivity index (χ2v) is 6.96. The molecule has 32 heavy (non-hydrogen) atoms. The minimum absolute atomic E-state index is 0.116. The first kappa shape index (κ1) is 21.2. The number of nitrogen functional groups attached to an aromatic ring is 1. The predicted octanol–water partition coefficient (Wildman–Crippen LogP) is -1.22. The molecule has 168 valence electrons. The Morgan fingerprint density at radius 3 is 2.72 bits per heavy atom. The number of carbonyl (C=O) groups excluding carboxylic acids is 1. The maximum absolute atomic E-state index is 12.4. The summed E-state index contributed by atoms with van der Waals surface area (Å²) in [5.41, 5.74) is 5.12. The van der Waals surface area contributed by atoms with Crippen LogP contribution in [0.25, 0.3) is 11.2 Å². The fraction of sp³-hybridized carbons (Fsp3) is 0.294. The molecule has 0 spiro atoms. The standard InChI is InChI=1S/C17H17N7O8/c18-14-10-15(21-4-20-14)23(5-22-10)17-13(28)12(27)9(32-17)3-19-16(29)7-1-6(24(30)31)2-8(25)11(7)26/h1-2,4-5,9,12-13,17,25-28H,3H2,(H,19,29)(H2,18,20,21)/t9-,12-,13-,17-/m1/s1. The van der Waals surface area contributed by atoms with E-state index in [0.717, 1.165) is 6.07 Å². The van der Waals surface area contributed by atoms with Gasteiger partial charge in [-0.05, 0) is 0 Å². The Morgan fingerprint density at radius 2 is 2.00 bits per heavy atom. The SMILES string of the molecule is Nc1ncnc2c1ncn2[C@@H]1O[C@H](CNC(=O)c2cc([N+](=O)[O-])cc(O)c2O)[C@@H](O)[C@H]1O. The van der Waals surface area contributed by atoms with Crippen LogP contribution in [0, 0.1) is 10.1 Å². The van der Waals surface area contributed by atoms with E-state index in [-0.39, 0.29) is 23.5 Å². The molecule has 1 fully saturated rings. The van der Waals surface area contributed by atoms with Crippen molar-refractivity contribution >= 4 is 28.6 Å². The molecule has 7 N–H and O–H groups in total. The molecule has 15 nitrogen and oxygen atoms in total. The molecule has 1 saturated heterocycles. The Kier molecular flexibility index (Phi) is 5.21. The summed E-state index contributed by atoms with van der Waals surface area (Å²) in [4.78, 5) is 34.4. The summed E-state index contributed by atoms with van der Waals surface area (Å²) in [5, 5.41) is 53.5. The summed E-state index contributed by atoms with van der Waals surface area (Å²) in [5.74, 6) is -2.54. The number of phenols is 2. The van der Waals surface area contributed by atoms with Crippen LogP contribution in [-0.2, 0) is 4.74 Å². The Balaban J connectivity index is 1.51. The van der Waals surface area contributed by atoms with Gasteiger partial charge in [-0.25, -0.2) is 15.0 Å². The van der Waals surface area contributed by atoms with E-state index in [9.17, 15) is 35.3 Å². The molecule has 1 aromatic carbocycles. The molecule has 4 atom stereocenters. The van der Waals surface area contributed by atoms with Gasteiger partial charge in [0.25, 0.3) is 11.6 Å². The summed E-state index contributed by atoms with van der Waals surface area (Å²) in [6.07, 6.45) is -2.54. The number of nitrogens with zero attached hydrogens (tertiary/aromatic N) is 5. The van der Waals surface area contributed by atoms with Crippen molar-refractivity contribution in [2.24, 2.45) is 0 Å². The smallest absolute Gasteiger partial charge is 0.274 e. The van der Waals surface area contributed by atoms with Crippen molar-refractivity contribution in [3.8, 4) is 11.5 Å². The zero-order valence-corrected chi connectivity index (χ0v) is 16.1. The van der Waals surface area contributed by atoms with Crippen LogP contribution >= 0.6 is 0 Å². The van der Waals surface area contributed by atoms with Gasteiger partial charge in [-0.2, -0.15) is 0 Å². The van der Waals surface area contributed by atoms with Crippen LogP contribution in [0.2, 0.25) is 0 Å². The van der Waals surface area contributed by atoms with E-state index in [1.807, 2.05) is 0 Å². The third kappa shape index (κ3) is 3.49. The maximum Gasteiger partial charge on any atom is 0.274 e. The van der Waals surface area contributed by atoms with E-state index < -0.39 is 58.1 Å². The number of non-ortho nitro benzene ring substituents is 1. The highest BCUT2D eigenvalue weighted by atomic mass is 16.6.